The van der Waals surface area contributed by atoms with E-state index in [4.69, 9.17) is 0 Å². The summed E-state index contributed by atoms with van der Waals surface area (Å²) in [5.74, 6) is 0.0840. The molecule has 0 unspecified atom stereocenters. The lowest BCUT2D eigenvalue weighted by molar-refractivity contribution is -0.111. The number of carbonyl (C=O) groups excluding carboxylic acids is 2. The van der Waals surface area contributed by atoms with Crippen molar-refractivity contribution in [2.45, 2.75) is 12.1 Å². The minimum absolute atomic E-state index is 0.282. The summed E-state index contributed by atoms with van der Waals surface area (Å²) in [5.41, 5.74) is 5.46. The van der Waals surface area contributed by atoms with Gasteiger partial charge in [0.1, 0.15) is 5.82 Å². The van der Waals surface area contributed by atoms with E-state index in [2.05, 4.69) is 37.1 Å². The average Bonchev–Trinajstić information content (AvgIpc) is 3.18. The van der Waals surface area contributed by atoms with Gasteiger partial charge in [-0.15, -0.1) is 0 Å². The molecule has 0 bridgehead atoms. The van der Waals surface area contributed by atoms with Crippen LogP contribution in [0.5, 0.6) is 0 Å². The predicted octanol–water partition coefficient (Wildman–Crippen LogP) is 5.63. The minimum Gasteiger partial charge on any atom is -0.340 e. The second-order valence-corrected chi connectivity index (χ2v) is 8.73. The maximum absolute atomic E-state index is 12.7. The summed E-state index contributed by atoms with van der Waals surface area (Å²) in [6.45, 7) is 5.43. The van der Waals surface area contributed by atoms with Crippen molar-refractivity contribution in [3.8, 4) is 11.3 Å². The number of hydrogen-bond acceptors (Lipinski definition) is 6. The van der Waals surface area contributed by atoms with Crippen LogP contribution in [0.2, 0.25) is 0 Å². The second-order valence-electron chi connectivity index (χ2n) is 7.95. The van der Waals surface area contributed by atoms with E-state index in [-0.39, 0.29) is 11.8 Å². The Labute approximate surface area is 213 Å². The molecule has 0 aliphatic carbocycles. The minimum atomic E-state index is -0.337. The normalized spacial score (nSPS) is 10.5. The molecule has 2 aromatic carbocycles. The standard InChI is InChI=1S/C27H26N6O2S/c1-5-24(34)31-22-8-6-7-19(15-22)26(35)32-21-11-9-20(10-12-21)30-23-16-18(13-14-28-23)25-17(2)29-27(36-4)33(25)3/h5-16H,1H2,2-4H3,(H,28,30)(H,31,34)(H,32,35). The van der Waals surface area contributed by atoms with Crippen LogP contribution in [0.15, 0.2) is 84.7 Å². The molecule has 3 N–H and O–H groups in total. The molecule has 8 nitrogen and oxygen atoms in total. The van der Waals surface area contributed by atoms with Gasteiger partial charge in [0, 0.05) is 41.4 Å². The van der Waals surface area contributed by atoms with E-state index < -0.39 is 0 Å². The van der Waals surface area contributed by atoms with Crippen molar-refractivity contribution in [2.75, 3.05) is 22.2 Å². The summed E-state index contributed by atoms with van der Waals surface area (Å²) in [6.07, 6.45) is 4.95. The highest BCUT2D eigenvalue weighted by molar-refractivity contribution is 7.98. The zero-order valence-electron chi connectivity index (χ0n) is 20.2. The van der Waals surface area contributed by atoms with Crippen LogP contribution in [0.4, 0.5) is 22.9 Å². The number of amides is 2. The lowest BCUT2D eigenvalue weighted by Crippen LogP contribution is -2.13. The monoisotopic (exact) mass is 498 g/mol. The smallest absolute Gasteiger partial charge is 0.255 e. The van der Waals surface area contributed by atoms with Gasteiger partial charge >= 0.3 is 0 Å². The number of carbonyl (C=O) groups is 2. The van der Waals surface area contributed by atoms with Gasteiger partial charge in [0.2, 0.25) is 5.91 Å². The largest absolute Gasteiger partial charge is 0.340 e. The third-order valence-electron chi connectivity index (χ3n) is 5.44. The molecule has 2 amide bonds. The number of anilines is 4. The Hall–Kier alpha value is -4.37. The average molecular weight is 499 g/mol. The number of benzene rings is 2. The Balaban J connectivity index is 1.44. The molecule has 2 aromatic heterocycles. The van der Waals surface area contributed by atoms with Crippen LogP contribution in [0, 0.1) is 6.92 Å². The molecular weight excluding hydrogens is 472 g/mol. The highest BCUT2D eigenvalue weighted by Crippen LogP contribution is 2.29. The lowest BCUT2D eigenvalue weighted by Gasteiger charge is -2.11. The Bertz CT molecular complexity index is 1430. The van der Waals surface area contributed by atoms with Crippen LogP contribution in [0.25, 0.3) is 11.3 Å². The van der Waals surface area contributed by atoms with Crippen molar-refractivity contribution >= 4 is 46.5 Å². The number of thioether (sulfide) groups is 1. The number of nitrogens with one attached hydrogen (secondary N) is 3. The summed E-state index contributed by atoms with van der Waals surface area (Å²) >= 11 is 1.61. The number of nitrogens with zero attached hydrogens (tertiary/aromatic N) is 3. The SMILES string of the molecule is C=CC(=O)Nc1cccc(C(=O)Nc2ccc(Nc3cc(-c4c(C)nc(SC)n4C)ccn3)cc2)c1. The Morgan fingerprint density at radius 2 is 1.75 bits per heavy atom. The van der Waals surface area contributed by atoms with Gasteiger partial charge in [-0.2, -0.15) is 0 Å². The summed E-state index contributed by atoms with van der Waals surface area (Å²) in [7, 11) is 2.01. The first-order valence-corrected chi connectivity index (χ1v) is 12.4. The van der Waals surface area contributed by atoms with Crippen LogP contribution < -0.4 is 16.0 Å². The van der Waals surface area contributed by atoms with Crippen molar-refractivity contribution in [3.63, 3.8) is 0 Å². The first kappa shape index (κ1) is 24.7. The van der Waals surface area contributed by atoms with Crippen molar-refractivity contribution in [2.24, 2.45) is 7.05 Å². The summed E-state index contributed by atoms with van der Waals surface area (Å²) < 4.78 is 2.08. The highest BCUT2D eigenvalue weighted by atomic mass is 32.2. The number of hydrogen-bond donors (Lipinski definition) is 3. The fourth-order valence-corrected chi connectivity index (χ4v) is 4.35. The molecule has 0 fully saturated rings. The van der Waals surface area contributed by atoms with Gasteiger partial charge in [-0.05, 0) is 73.9 Å². The summed E-state index contributed by atoms with van der Waals surface area (Å²) in [5, 5.41) is 9.78. The Morgan fingerprint density at radius 3 is 2.44 bits per heavy atom. The molecule has 4 aromatic rings. The van der Waals surface area contributed by atoms with Crippen LogP contribution >= 0.6 is 11.8 Å². The highest BCUT2D eigenvalue weighted by Gasteiger charge is 2.14. The van der Waals surface area contributed by atoms with Crippen LogP contribution in [0.1, 0.15) is 16.1 Å². The fraction of sp³-hybridized carbons (Fsp3) is 0.111. The molecule has 9 heteroatoms. The maximum Gasteiger partial charge on any atom is 0.255 e. The molecule has 0 aliphatic rings. The maximum atomic E-state index is 12.7. The van der Waals surface area contributed by atoms with E-state index in [1.165, 1.54) is 6.08 Å². The van der Waals surface area contributed by atoms with Gasteiger partial charge in [-0.1, -0.05) is 24.4 Å². The van der Waals surface area contributed by atoms with Crippen LogP contribution in [-0.4, -0.2) is 32.6 Å². The van der Waals surface area contributed by atoms with Gasteiger partial charge < -0.3 is 20.5 Å². The molecule has 0 saturated carbocycles. The molecule has 0 saturated heterocycles. The van der Waals surface area contributed by atoms with Crippen molar-refractivity contribution in [3.05, 3.63) is 90.8 Å². The van der Waals surface area contributed by atoms with Crippen molar-refractivity contribution < 1.29 is 9.59 Å². The molecular formula is C27H26N6O2S. The summed E-state index contributed by atoms with van der Waals surface area (Å²) in [4.78, 5) is 33.2. The van der Waals surface area contributed by atoms with Gasteiger partial charge in [0.05, 0.1) is 11.4 Å². The first-order valence-electron chi connectivity index (χ1n) is 11.1. The van der Waals surface area contributed by atoms with Crippen LogP contribution in [-0.2, 0) is 11.8 Å². The summed E-state index contributed by atoms with van der Waals surface area (Å²) in [6, 6.07) is 18.0. The van der Waals surface area contributed by atoms with Crippen molar-refractivity contribution in [1.29, 1.82) is 0 Å². The van der Waals surface area contributed by atoms with Gasteiger partial charge in [0.15, 0.2) is 5.16 Å². The van der Waals surface area contributed by atoms with E-state index in [0.29, 0.717) is 22.8 Å². The van der Waals surface area contributed by atoms with E-state index in [9.17, 15) is 9.59 Å². The third-order valence-corrected chi connectivity index (χ3v) is 6.17. The molecule has 182 valence electrons. The van der Waals surface area contributed by atoms with Crippen molar-refractivity contribution in [1.82, 2.24) is 14.5 Å². The van der Waals surface area contributed by atoms with E-state index in [1.54, 1.807) is 42.2 Å². The number of imidazole rings is 1. The number of pyridine rings is 1. The molecule has 0 atom stereocenters. The molecule has 2 heterocycles. The second kappa shape index (κ2) is 10.9. The molecule has 0 spiro atoms. The zero-order valence-corrected chi connectivity index (χ0v) is 21.0. The topological polar surface area (TPSA) is 101 Å². The first-order chi connectivity index (χ1) is 17.4. The number of aryl methyl sites for hydroxylation is 1. The molecule has 0 radical (unpaired) electrons. The van der Waals surface area contributed by atoms with Gasteiger partial charge in [0.25, 0.3) is 5.91 Å². The van der Waals surface area contributed by atoms with E-state index in [1.807, 2.05) is 56.6 Å². The fourth-order valence-electron chi connectivity index (χ4n) is 3.76. The quantitative estimate of drug-likeness (QED) is 0.215. The van der Waals surface area contributed by atoms with Gasteiger partial charge in [-0.3, -0.25) is 9.59 Å². The van der Waals surface area contributed by atoms with E-state index in [0.717, 1.165) is 27.8 Å². The number of rotatable bonds is 8. The van der Waals surface area contributed by atoms with Crippen LogP contribution in [0.3, 0.4) is 0 Å². The molecule has 36 heavy (non-hydrogen) atoms. The molecule has 0 aliphatic heterocycles. The lowest BCUT2D eigenvalue weighted by atomic mass is 10.1. The third kappa shape index (κ3) is 5.64. The Kier molecular flexibility index (Phi) is 7.50. The Morgan fingerprint density at radius 1 is 1.00 bits per heavy atom. The number of aromatic nitrogens is 3. The zero-order chi connectivity index (χ0) is 25.7. The van der Waals surface area contributed by atoms with Gasteiger partial charge in [-0.25, -0.2) is 9.97 Å². The molecule has 4 rings (SSSR count). The predicted molar refractivity (Wildman–Crippen MR) is 146 cm³/mol. The van der Waals surface area contributed by atoms with E-state index >= 15 is 0 Å².